The minimum Gasteiger partial charge on any atom is -0.477 e. The van der Waals surface area contributed by atoms with Crippen molar-refractivity contribution in [2.24, 2.45) is 4.99 Å². The highest BCUT2D eigenvalue weighted by atomic mass is 19.4. The van der Waals surface area contributed by atoms with E-state index in [9.17, 15) is 18.0 Å². The first kappa shape index (κ1) is 28.7. The van der Waals surface area contributed by atoms with E-state index in [4.69, 9.17) is 10.00 Å². The number of nitrogens with zero attached hydrogens (tertiary/aromatic N) is 4. The molecule has 3 aliphatic rings. The maximum Gasteiger partial charge on any atom is 0.416 e. The first-order chi connectivity index (χ1) is 19.8. The van der Waals surface area contributed by atoms with Crippen LogP contribution in [0.15, 0.2) is 65.3 Å². The van der Waals surface area contributed by atoms with E-state index in [0.29, 0.717) is 36.5 Å². The summed E-state index contributed by atoms with van der Waals surface area (Å²) in [6, 6.07) is 15.3. The van der Waals surface area contributed by atoms with Crippen molar-refractivity contribution in [3.8, 4) is 6.07 Å². The lowest BCUT2D eigenvalue weighted by Gasteiger charge is -2.34. The smallest absolute Gasteiger partial charge is 0.416 e. The molecule has 5 rings (SSSR count). The van der Waals surface area contributed by atoms with Gasteiger partial charge in [-0.2, -0.15) is 18.4 Å². The second kappa shape index (κ2) is 12.8. The van der Waals surface area contributed by atoms with Crippen LogP contribution in [0, 0.1) is 11.3 Å². The number of carbonyl (C=O) groups is 1. The number of rotatable bonds is 7. The summed E-state index contributed by atoms with van der Waals surface area (Å²) in [4.78, 5) is 21.7. The molecule has 7 nitrogen and oxygen atoms in total. The Labute approximate surface area is 238 Å². The molecule has 0 saturated carbocycles. The molecular formula is C31H34F3N5O2. The molecule has 2 saturated heterocycles. The lowest BCUT2D eigenvalue weighted by atomic mass is 10.0. The van der Waals surface area contributed by atoms with Gasteiger partial charge >= 0.3 is 6.18 Å². The first-order valence-electron chi connectivity index (χ1n) is 14.1. The minimum absolute atomic E-state index is 0.0381. The predicted molar refractivity (Wildman–Crippen MR) is 150 cm³/mol. The number of aliphatic imine (C=N–C) groups is 1. The zero-order valence-corrected chi connectivity index (χ0v) is 22.9. The molecule has 0 aromatic heterocycles. The van der Waals surface area contributed by atoms with E-state index in [1.54, 1.807) is 6.20 Å². The lowest BCUT2D eigenvalue weighted by Crippen LogP contribution is -2.45. The van der Waals surface area contributed by atoms with Crippen molar-refractivity contribution < 1.29 is 22.7 Å². The number of nitrogens with one attached hydrogen (secondary N) is 1. The third-order valence-corrected chi connectivity index (χ3v) is 8.02. The largest absolute Gasteiger partial charge is 0.477 e. The van der Waals surface area contributed by atoms with Gasteiger partial charge in [-0.1, -0.05) is 12.1 Å². The Hall–Kier alpha value is -3.84. The predicted octanol–water partition coefficient (Wildman–Crippen LogP) is 5.07. The van der Waals surface area contributed by atoms with Gasteiger partial charge in [-0.05, 0) is 61.2 Å². The Morgan fingerprint density at radius 1 is 1.00 bits per heavy atom. The number of benzene rings is 2. The van der Waals surface area contributed by atoms with Gasteiger partial charge in [0, 0.05) is 69.1 Å². The number of piperidine rings is 2. The summed E-state index contributed by atoms with van der Waals surface area (Å²) >= 11 is 0. The first-order valence-corrected chi connectivity index (χ1v) is 14.1. The topological polar surface area (TPSA) is 81.0 Å². The average molecular weight is 566 g/mol. The fourth-order valence-corrected chi connectivity index (χ4v) is 5.51. The number of hydrogen-bond acceptors (Lipinski definition) is 6. The summed E-state index contributed by atoms with van der Waals surface area (Å²) in [6.07, 6.45) is 1.77. The van der Waals surface area contributed by atoms with E-state index >= 15 is 0 Å². The van der Waals surface area contributed by atoms with Crippen LogP contribution < -0.4 is 10.2 Å². The molecule has 1 amide bonds. The molecular weight excluding hydrogens is 531 g/mol. The van der Waals surface area contributed by atoms with Crippen molar-refractivity contribution in [3.63, 3.8) is 0 Å². The van der Waals surface area contributed by atoms with E-state index in [1.807, 2.05) is 24.3 Å². The lowest BCUT2D eigenvalue weighted by molar-refractivity contribution is -0.137. The number of ether oxygens (including phenoxy) is 1. The molecule has 0 bridgehead atoms. The molecule has 41 heavy (non-hydrogen) atoms. The second-order valence-electron chi connectivity index (χ2n) is 10.9. The molecule has 3 heterocycles. The van der Waals surface area contributed by atoms with Gasteiger partial charge in [0.15, 0.2) is 5.90 Å². The second-order valence-corrected chi connectivity index (χ2v) is 10.9. The minimum atomic E-state index is -4.34. The van der Waals surface area contributed by atoms with E-state index < -0.39 is 11.7 Å². The van der Waals surface area contributed by atoms with Crippen LogP contribution in [0.5, 0.6) is 0 Å². The standard InChI is InChI=1S/C31H34F3N5O2/c32-31(33,34)25-5-7-27(8-6-25)39-17-12-28(13-18-39)41-29-19-24(21-36-29)30(40)37-26-10-15-38(16-11-26)14-9-22-1-3-23(20-35)4-2-22/h1-8,21,26,28H,9-19H2,(H,37,40). The van der Waals surface area contributed by atoms with Crippen LogP contribution in [-0.4, -0.2) is 61.6 Å². The molecule has 216 valence electrons. The number of carbonyl (C=O) groups excluding carboxylic acids is 1. The van der Waals surface area contributed by atoms with Crippen molar-refractivity contribution in [1.82, 2.24) is 10.2 Å². The molecule has 2 aromatic rings. The molecule has 2 aromatic carbocycles. The third-order valence-electron chi connectivity index (χ3n) is 8.02. The summed E-state index contributed by atoms with van der Waals surface area (Å²) in [5.41, 5.74) is 2.62. The summed E-state index contributed by atoms with van der Waals surface area (Å²) < 4.78 is 44.6. The number of hydrogen-bond donors (Lipinski definition) is 1. The molecule has 0 atom stereocenters. The summed E-state index contributed by atoms with van der Waals surface area (Å²) in [5.74, 6) is 0.446. The van der Waals surface area contributed by atoms with Gasteiger partial charge in [0.1, 0.15) is 6.10 Å². The van der Waals surface area contributed by atoms with Crippen LogP contribution in [0.1, 0.15) is 48.8 Å². The molecule has 0 spiro atoms. The van der Waals surface area contributed by atoms with Crippen LogP contribution in [0.25, 0.3) is 0 Å². The van der Waals surface area contributed by atoms with Crippen LogP contribution in [-0.2, 0) is 22.1 Å². The maximum atomic E-state index is 12.9. The summed E-state index contributed by atoms with van der Waals surface area (Å²) in [5, 5.41) is 12.1. The molecule has 1 N–H and O–H groups in total. The van der Waals surface area contributed by atoms with E-state index in [-0.39, 0.29) is 18.1 Å². The van der Waals surface area contributed by atoms with E-state index in [0.717, 1.165) is 69.6 Å². The summed E-state index contributed by atoms with van der Waals surface area (Å²) in [7, 11) is 0. The van der Waals surface area contributed by atoms with E-state index in [2.05, 4.69) is 26.2 Å². The number of amides is 1. The molecule has 0 unspecified atom stereocenters. The van der Waals surface area contributed by atoms with Gasteiger partial charge < -0.3 is 19.9 Å². The van der Waals surface area contributed by atoms with Crippen molar-refractivity contribution in [2.45, 2.75) is 56.8 Å². The Morgan fingerprint density at radius 2 is 1.68 bits per heavy atom. The zero-order chi connectivity index (χ0) is 28.8. The van der Waals surface area contributed by atoms with Crippen LogP contribution >= 0.6 is 0 Å². The third kappa shape index (κ3) is 7.67. The molecule has 0 radical (unpaired) electrons. The van der Waals surface area contributed by atoms with E-state index in [1.165, 1.54) is 17.7 Å². The monoisotopic (exact) mass is 565 g/mol. The van der Waals surface area contributed by atoms with Crippen molar-refractivity contribution in [1.29, 1.82) is 5.26 Å². The van der Waals surface area contributed by atoms with Gasteiger partial charge in [0.05, 0.1) is 23.6 Å². The zero-order valence-electron chi connectivity index (χ0n) is 22.9. The SMILES string of the molecule is N#Cc1ccc(CCN2CCC(NC(=O)C3=CN=C(OC4CCN(c5ccc(C(F)(F)F)cc5)CC4)C3)CC2)cc1. The number of alkyl halides is 3. The summed E-state index contributed by atoms with van der Waals surface area (Å²) in [6.45, 7) is 4.16. The van der Waals surface area contributed by atoms with Crippen LogP contribution in [0.3, 0.4) is 0 Å². The van der Waals surface area contributed by atoms with Gasteiger partial charge in [0.2, 0.25) is 5.91 Å². The van der Waals surface area contributed by atoms with Crippen molar-refractivity contribution in [3.05, 3.63) is 77.0 Å². The van der Waals surface area contributed by atoms with Crippen molar-refractivity contribution >= 4 is 17.5 Å². The van der Waals surface area contributed by atoms with Gasteiger partial charge in [-0.15, -0.1) is 0 Å². The highest BCUT2D eigenvalue weighted by Gasteiger charge is 2.31. The highest BCUT2D eigenvalue weighted by molar-refractivity contribution is 6.01. The fraction of sp³-hybridized carbons (Fsp3) is 0.452. The molecule has 3 aliphatic heterocycles. The van der Waals surface area contributed by atoms with Crippen LogP contribution in [0.4, 0.5) is 18.9 Å². The quantitative estimate of drug-likeness (QED) is 0.507. The molecule has 10 heteroatoms. The van der Waals surface area contributed by atoms with Crippen molar-refractivity contribution in [2.75, 3.05) is 37.6 Å². The Morgan fingerprint density at radius 3 is 2.32 bits per heavy atom. The fourth-order valence-electron chi connectivity index (χ4n) is 5.51. The highest BCUT2D eigenvalue weighted by Crippen LogP contribution is 2.31. The van der Waals surface area contributed by atoms with Gasteiger partial charge in [-0.25, -0.2) is 4.99 Å². The van der Waals surface area contributed by atoms with Crippen LogP contribution in [0.2, 0.25) is 0 Å². The molecule has 0 aliphatic carbocycles. The Bertz CT molecular complexity index is 1300. The number of halogens is 3. The number of anilines is 1. The van der Waals surface area contributed by atoms with Gasteiger partial charge in [-0.3, -0.25) is 4.79 Å². The van der Waals surface area contributed by atoms with Gasteiger partial charge in [0.25, 0.3) is 0 Å². The normalized spacial score (nSPS) is 18.9. The average Bonchev–Trinajstić information content (AvgIpc) is 3.46. The number of likely N-dealkylation sites (tertiary alicyclic amines) is 1. The number of nitriles is 1. The molecule has 2 fully saturated rings. The Balaban J connectivity index is 0.981. The Kier molecular flexibility index (Phi) is 8.93. The maximum absolute atomic E-state index is 12.9.